The van der Waals surface area contributed by atoms with Crippen LogP contribution < -0.4 is 5.32 Å². The second kappa shape index (κ2) is 10.9. The molecule has 2 aliphatic rings. The van der Waals surface area contributed by atoms with Crippen LogP contribution in [0.15, 0.2) is 46.7 Å². The Balaban J connectivity index is 1.60. The summed E-state index contributed by atoms with van der Waals surface area (Å²) in [6.07, 6.45) is -0.951. The molecule has 4 rings (SSSR count). The quantitative estimate of drug-likeness (QED) is 0.455. The average molecular weight is 554 g/mol. The molecule has 2 aromatic heterocycles. The highest BCUT2D eigenvalue weighted by Crippen LogP contribution is 2.37. The molecule has 2 atom stereocenters. The van der Waals surface area contributed by atoms with E-state index in [1.54, 1.807) is 32.1 Å². The van der Waals surface area contributed by atoms with E-state index in [4.69, 9.17) is 0 Å². The van der Waals surface area contributed by atoms with Crippen molar-refractivity contribution < 1.29 is 26.7 Å². The van der Waals surface area contributed by atoms with E-state index in [2.05, 4.69) is 20.3 Å². The summed E-state index contributed by atoms with van der Waals surface area (Å²) in [7, 11) is 0. The molecule has 38 heavy (non-hydrogen) atoms. The number of likely N-dealkylation sites (tertiary alicyclic amines) is 1. The highest BCUT2D eigenvalue weighted by molar-refractivity contribution is 7.15. The first-order valence-corrected chi connectivity index (χ1v) is 13.0. The largest absolute Gasteiger partial charge is 0.417 e. The molecule has 204 valence electrons. The minimum absolute atomic E-state index is 0.0401. The monoisotopic (exact) mass is 553 g/mol. The number of rotatable bonds is 5. The fraction of sp³-hybridized carbons (Fsp3) is 0.462. The van der Waals surface area contributed by atoms with Gasteiger partial charge in [0.25, 0.3) is 11.8 Å². The highest BCUT2D eigenvalue weighted by Gasteiger charge is 2.47. The average Bonchev–Trinajstić information content (AvgIpc) is 3.19. The molecular weight excluding hydrogens is 525 g/mol. The van der Waals surface area contributed by atoms with E-state index in [0.29, 0.717) is 22.0 Å². The van der Waals surface area contributed by atoms with Gasteiger partial charge in [0.15, 0.2) is 0 Å². The molecule has 0 radical (unpaired) electrons. The van der Waals surface area contributed by atoms with Crippen LogP contribution >= 0.6 is 11.3 Å². The Morgan fingerprint density at radius 1 is 1.18 bits per heavy atom. The Labute approximate surface area is 221 Å². The molecular formula is C26H28F5N5OS. The summed E-state index contributed by atoms with van der Waals surface area (Å²) in [5.74, 6) is -4.13. The lowest BCUT2D eigenvalue weighted by Gasteiger charge is -2.43. The lowest BCUT2D eigenvalue weighted by Crippen LogP contribution is -2.58. The zero-order chi connectivity index (χ0) is 27.7. The summed E-state index contributed by atoms with van der Waals surface area (Å²) in [5, 5.41) is 3.58. The number of allylic oxidation sites excluding steroid dienone is 3. The smallest absolute Gasteiger partial charge is 0.368 e. The van der Waals surface area contributed by atoms with Crippen LogP contribution in [0.1, 0.15) is 47.4 Å². The molecule has 0 spiro atoms. The number of aryl methyl sites for hydroxylation is 2. The van der Waals surface area contributed by atoms with E-state index in [1.165, 1.54) is 11.3 Å². The summed E-state index contributed by atoms with van der Waals surface area (Å²) in [6.45, 7) is 4.43. The van der Waals surface area contributed by atoms with Crippen LogP contribution in [0.5, 0.6) is 0 Å². The second-order valence-corrected chi connectivity index (χ2v) is 10.8. The number of aliphatic imine (C=N–C) groups is 1. The summed E-state index contributed by atoms with van der Waals surface area (Å²) < 4.78 is 68.8. The zero-order valence-electron chi connectivity index (χ0n) is 21.1. The number of carbonyl (C=O) groups is 1. The van der Waals surface area contributed by atoms with Crippen LogP contribution in [0, 0.1) is 19.8 Å². The van der Waals surface area contributed by atoms with Crippen molar-refractivity contribution in [3.8, 4) is 10.6 Å². The molecule has 0 aromatic carbocycles. The van der Waals surface area contributed by atoms with Crippen molar-refractivity contribution in [2.75, 3.05) is 13.1 Å². The number of hydrogen-bond acceptors (Lipinski definition) is 6. The number of thiazole rings is 1. The number of aromatic nitrogens is 2. The van der Waals surface area contributed by atoms with E-state index < -0.39 is 48.5 Å². The van der Waals surface area contributed by atoms with E-state index in [9.17, 15) is 26.7 Å². The van der Waals surface area contributed by atoms with E-state index in [0.717, 1.165) is 22.9 Å². The molecule has 4 heterocycles. The predicted molar refractivity (Wildman–Crippen MR) is 136 cm³/mol. The van der Waals surface area contributed by atoms with Crippen molar-refractivity contribution in [1.82, 2.24) is 20.2 Å². The van der Waals surface area contributed by atoms with Gasteiger partial charge in [0.2, 0.25) is 0 Å². The molecule has 1 unspecified atom stereocenters. The number of nitrogens with one attached hydrogen (secondary N) is 1. The third kappa shape index (κ3) is 6.46. The number of carbonyl (C=O) groups excluding carboxylic acids is 1. The Hall–Kier alpha value is -3.15. The minimum Gasteiger partial charge on any atom is -0.368 e. The van der Waals surface area contributed by atoms with Crippen LogP contribution in [-0.4, -0.2) is 58.2 Å². The molecule has 0 saturated carbocycles. The number of pyridine rings is 1. The third-order valence-electron chi connectivity index (χ3n) is 6.43. The number of piperidine rings is 1. The molecule has 2 aliphatic heterocycles. The number of halogens is 5. The molecule has 12 heteroatoms. The van der Waals surface area contributed by atoms with Crippen LogP contribution in [-0.2, 0) is 0 Å². The first-order chi connectivity index (χ1) is 17.8. The van der Waals surface area contributed by atoms with Crippen molar-refractivity contribution in [2.24, 2.45) is 10.9 Å². The maximum Gasteiger partial charge on any atom is 0.417 e. The van der Waals surface area contributed by atoms with Gasteiger partial charge in [-0.1, -0.05) is 19.1 Å². The molecule has 0 bridgehead atoms. The van der Waals surface area contributed by atoms with Crippen molar-refractivity contribution in [3.63, 3.8) is 0 Å². The van der Waals surface area contributed by atoms with Gasteiger partial charge < -0.3 is 10.2 Å². The fourth-order valence-electron chi connectivity index (χ4n) is 4.65. The SMILES string of the molecule is Cc1cccc(-c2sc(C)nc2C(=O)N2CC(F)(F)C[C@@H](C)C2CNC2=CCC/C=C(\C(F)(F)F)C=N2)n1. The minimum atomic E-state index is -4.52. The number of hydrogen-bond donors (Lipinski definition) is 1. The first-order valence-electron chi connectivity index (χ1n) is 12.2. The Morgan fingerprint density at radius 2 is 1.92 bits per heavy atom. The molecule has 6 nitrogen and oxygen atoms in total. The van der Waals surface area contributed by atoms with E-state index in [-0.39, 0.29) is 24.5 Å². The normalized spacial score (nSPS) is 23.2. The molecule has 0 aliphatic carbocycles. The van der Waals surface area contributed by atoms with Gasteiger partial charge in [0.1, 0.15) is 11.5 Å². The van der Waals surface area contributed by atoms with Gasteiger partial charge in [-0.3, -0.25) is 9.78 Å². The van der Waals surface area contributed by atoms with Crippen molar-refractivity contribution in [1.29, 1.82) is 0 Å². The number of alkyl halides is 5. The summed E-state index contributed by atoms with van der Waals surface area (Å²) in [5.41, 5.74) is 0.490. The van der Waals surface area contributed by atoms with E-state index in [1.807, 2.05) is 13.0 Å². The molecule has 1 saturated heterocycles. The Morgan fingerprint density at radius 3 is 2.63 bits per heavy atom. The van der Waals surface area contributed by atoms with Gasteiger partial charge in [-0.2, -0.15) is 13.2 Å². The van der Waals surface area contributed by atoms with Gasteiger partial charge in [0.05, 0.1) is 33.7 Å². The van der Waals surface area contributed by atoms with Crippen LogP contribution in [0.25, 0.3) is 10.6 Å². The molecule has 1 fully saturated rings. The van der Waals surface area contributed by atoms with Crippen molar-refractivity contribution in [2.45, 2.75) is 58.2 Å². The van der Waals surface area contributed by atoms with Crippen molar-refractivity contribution in [3.05, 3.63) is 58.1 Å². The van der Waals surface area contributed by atoms with Gasteiger partial charge in [-0.15, -0.1) is 11.3 Å². The number of nitrogens with zero attached hydrogens (tertiary/aromatic N) is 4. The maximum absolute atomic E-state index is 14.7. The van der Waals surface area contributed by atoms with Crippen LogP contribution in [0.3, 0.4) is 0 Å². The van der Waals surface area contributed by atoms with Gasteiger partial charge in [0, 0.05) is 24.9 Å². The Bertz CT molecular complexity index is 1280. The van der Waals surface area contributed by atoms with Crippen LogP contribution in [0.4, 0.5) is 22.0 Å². The second-order valence-electron chi connectivity index (χ2n) is 9.58. The first kappa shape index (κ1) is 27.9. The maximum atomic E-state index is 14.7. The van der Waals surface area contributed by atoms with Gasteiger partial charge in [-0.05, 0) is 50.8 Å². The van der Waals surface area contributed by atoms with Crippen molar-refractivity contribution >= 4 is 23.5 Å². The summed E-state index contributed by atoms with van der Waals surface area (Å²) >= 11 is 1.26. The predicted octanol–water partition coefficient (Wildman–Crippen LogP) is 6.09. The van der Waals surface area contributed by atoms with Gasteiger partial charge >= 0.3 is 6.18 Å². The van der Waals surface area contributed by atoms with Crippen LogP contribution in [0.2, 0.25) is 0 Å². The zero-order valence-corrected chi connectivity index (χ0v) is 22.0. The van der Waals surface area contributed by atoms with E-state index >= 15 is 0 Å². The molecule has 2 aromatic rings. The fourth-order valence-corrected chi connectivity index (χ4v) is 5.53. The lowest BCUT2D eigenvalue weighted by molar-refractivity contribution is -0.0913. The molecule has 1 amide bonds. The highest BCUT2D eigenvalue weighted by atomic mass is 32.1. The topological polar surface area (TPSA) is 70.5 Å². The van der Waals surface area contributed by atoms with Gasteiger partial charge in [-0.25, -0.2) is 18.8 Å². The summed E-state index contributed by atoms with van der Waals surface area (Å²) in [6, 6.07) is 4.69. The Kier molecular flexibility index (Phi) is 8.01. The number of amides is 1. The third-order valence-corrected chi connectivity index (χ3v) is 7.42. The standard InChI is InChI=1S/C26H28F5N5OS/c1-15-11-25(27,28)14-36(20(15)13-33-21-10-5-4-8-18(12-32-21)26(29,30)31)24(37)22-23(38-17(3)35-22)19-9-6-7-16(2)34-19/h6-10,12,15,20,33H,4-5,11,13-14H2,1-3H3/b18-8-,21-10?,32-12?/t15-,20?/m1/s1. The summed E-state index contributed by atoms with van der Waals surface area (Å²) in [4.78, 5) is 28.2. The lowest BCUT2D eigenvalue weighted by atomic mass is 9.88. The molecule has 1 N–H and O–H groups in total.